The van der Waals surface area contributed by atoms with Crippen molar-refractivity contribution in [3.8, 4) is 33.4 Å². The average Bonchev–Trinajstić information content (AvgIpc) is 4.19. The molecule has 4 aromatic heterocycles. The van der Waals surface area contributed by atoms with Gasteiger partial charge < -0.3 is 15.0 Å². The van der Waals surface area contributed by atoms with Gasteiger partial charge >= 0.3 is 0 Å². The number of carbonyl (C=O) groups is 2. The number of aromatic amines is 3. The SMILES string of the molecule is O=C1c2cc3ccccc3cc2C(=O)N1c1cccc(-c2c3nc(c(-c4c(F)c(F)c(F)c(F)c4F)c4ccc([nH]4)c4ccc([nH]4)c(-c4c(F)c(F)c(F)c(F)c4F)c4ccc2[nH]4)C=C3)c1. The van der Waals surface area contributed by atoms with Crippen LogP contribution in [-0.2, 0) is 0 Å². The minimum Gasteiger partial charge on any atom is -0.354 e. The highest BCUT2D eigenvalue weighted by atomic mass is 19.2. The third-order valence-electron chi connectivity index (χ3n) is 11.6. The van der Waals surface area contributed by atoms with Gasteiger partial charge in [0.25, 0.3) is 11.8 Å². The molecule has 0 spiro atoms. The number of aromatic nitrogens is 4. The molecular formula is C49H21F10N5O2. The van der Waals surface area contributed by atoms with Crippen molar-refractivity contribution in [1.29, 1.82) is 0 Å². The number of rotatable bonds is 4. The lowest BCUT2D eigenvalue weighted by Gasteiger charge is -2.15. The number of imide groups is 1. The maximum atomic E-state index is 15.8. The van der Waals surface area contributed by atoms with Crippen LogP contribution in [0.15, 0.2) is 97.1 Å². The third kappa shape index (κ3) is 5.81. The molecule has 0 fully saturated rings. The molecule has 2 aliphatic rings. The Labute approximate surface area is 362 Å². The molecule has 7 nitrogen and oxygen atoms in total. The Morgan fingerprint density at radius 3 is 1.27 bits per heavy atom. The standard InChI is InChI=1S/C49H21F10N5O2/c50-38-36(39(51)43(55)46(58)42(38)54)34-29-10-8-25(60-29)26-9-11-30(61-26)35(37-40(52)44(56)47(59)45(57)41(37)53)32-15-13-28(63-32)33(27-12-14-31(34)62-27)21-6-3-7-22(16-21)64-48(65)23-17-19-4-1-2-5-20(19)18-24(23)49(64)66/h1-18,60-62H. The summed E-state index contributed by atoms with van der Waals surface area (Å²) in [6.45, 7) is 0. The Kier molecular flexibility index (Phi) is 8.88. The van der Waals surface area contributed by atoms with E-state index in [1.807, 2.05) is 0 Å². The number of hydrogen-bond acceptors (Lipinski definition) is 3. The quantitative estimate of drug-likeness (QED) is 0.0710. The van der Waals surface area contributed by atoms with Gasteiger partial charge in [0, 0.05) is 38.8 Å². The van der Waals surface area contributed by atoms with E-state index in [0.717, 1.165) is 4.90 Å². The number of amides is 2. The summed E-state index contributed by atoms with van der Waals surface area (Å²) in [6.07, 6.45) is 2.56. The Morgan fingerprint density at radius 1 is 0.379 bits per heavy atom. The fraction of sp³-hybridized carbons (Fsp3) is 0. The zero-order valence-corrected chi connectivity index (χ0v) is 32.9. The lowest BCUT2D eigenvalue weighted by molar-refractivity contribution is 0.0926. The molecular weight excluding hydrogens is 881 g/mol. The fourth-order valence-corrected chi connectivity index (χ4v) is 8.59. The van der Waals surface area contributed by atoms with Gasteiger partial charge in [-0.05, 0) is 89.2 Å². The molecule has 5 aromatic carbocycles. The van der Waals surface area contributed by atoms with Crippen molar-refractivity contribution >= 4 is 73.5 Å². The third-order valence-corrected chi connectivity index (χ3v) is 11.6. The number of nitrogens with one attached hydrogen (secondary N) is 3. The first-order valence-electron chi connectivity index (χ1n) is 19.6. The van der Waals surface area contributed by atoms with Gasteiger partial charge in [0.05, 0.1) is 50.4 Å². The average molecular weight is 902 g/mol. The molecule has 2 amide bonds. The van der Waals surface area contributed by atoms with E-state index in [1.54, 1.807) is 36.4 Å². The van der Waals surface area contributed by atoms with Crippen LogP contribution in [0.1, 0.15) is 32.1 Å². The topological polar surface area (TPSA) is 97.6 Å². The van der Waals surface area contributed by atoms with E-state index in [4.69, 9.17) is 0 Å². The van der Waals surface area contributed by atoms with Gasteiger partial charge in [-0.25, -0.2) is 53.8 Å². The van der Waals surface area contributed by atoms with Gasteiger partial charge in [0.1, 0.15) is 0 Å². The summed E-state index contributed by atoms with van der Waals surface area (Å²) in [5.74, 6) is -23.7. The van der Waals surface area contributed by atoms with Crippen LogP contribution in [0, 0.1) is 58.2 Å². The molecule has 0 atom stereocenters. The summed E-state index contributed by atoms with van der Waals surface area (Å²) in [5, 5.41) is 1.41. The molecule has 0 unspecified atom stereocenters. The molecule has 11 rings (SSSR count). The molecule has 0 saturated heterocycles. The van der Waals surface area contributed by atoms with Crippen molar-refractivity contribution in [3.05, 3.63) is 178 Å². The predicted octanol–water partition coefficient (Wildman–Crippen LogP) is 13.0. The normalized spacial score (nSPS) is 13.0. The number of anilines is 1. The van der Waals surface area contributed by atoms with Crippen LogP contribution in [0.25, 0.3) is 89.4 Å². The molecule has 0 saturated carbocycles. The molecule has 324 valence electrons. The Morgan fingerprint density at radius 2 is 0.773 bits per heavy atom. The zero-order chi connectivity index (χ0) is 46.0. The molecule has 3 N–H and O–H groups in total. The summed E-state index contributed by atoms with van der Waals surface area (Å²) >= 11 is 0. The Bertz CT molecular complexity index is 3740. The lowest BCUT2D eigenvalue weighted by atomic mass is 10.0. The van der Waals surface area contributed by atoms with Crippen molar-refractivity contribution in [2.75, 3.05) is 4.90 Å². The lowest BCUT2D eigenvalue weighted by Crippen LogP contribution is -2.29. The van der Waals surface area contributed by atoms with Crippen molar-refractivity contribution in [1.82, 2.24) is 19.9 Å². The van der Waals surface area contributed by atoms with E-state index >= 15 is 17.6 Å². The molecule has 17 heteroatoms. The number of halogens is 10. The minimum atomic E-state index is -2.40. The second-order valence-electron chi connectivity index (χ2n) is 15.3. The van der Waals surface area contributed by atoms with E-state index in [-0.39, 0.29) is 72.4 Å². The van der Waals surface area contributed by atoms with E-state index in [1.165, 1.54) is 72.8 Å². The molecule has 8 bridgehead atoms. The van der Waals surface area contributed by atoms with Crippen molar-refractivity contribution in [3.63, 3.8) is 0 Å². The first-order valence-corrected chi connectivity index (χ1v) is 19.6. The van der Waals surface area contributed by atoms with E-state index < -0.39 is 92.2 Å². The number of carbonyl (C=O) groups excluding carboxylic acids is 2. The highest BCUT2D eigenvalue weighted by molar-refractivity contribution is 6.35. The zero-order valence-electron chi connectivity index (χ0n) is 32.9. The number of benzene rings is 5. The summed E-state index contributed by atoms with van der Waals surface area (Å²) in [6, 6.07) is 24.0. The van der Waals surface area contributed by atoms with Crippen molar-refractivity contribution in [2.45, 2.75) is 0 Å². The molecule has 2 aliphatic heterocycles. The van der Waals surface area contributed by atoms with Crippen LogP contribution in [0.2, 0.25) is 0 Å². The number of nitrogens with zero attached hydrogens (tertiary/aromatic N) is 2. The molecule has 0 radical (unpaired) electrons. The van der Waals surface area contributed by atoms with Gasteiger partial charge in [-0.2, -0.15) is 0 Å². The highest BCUT2D eigenvalue weighted by Crippen LogP contribution is 2.42. The molecule has 9 aromatic rings. The highest BCUT2D eigenvalue weighted by Gasteiger charge is 2.38. The van der Waals surface area contributed by atoms with E-state index in [9.17, 15) is 35.9 Å². The predicted molar refractivity (Wildman–Crippen MR) is 226 cm³/mol. The van der Waals surface area contributed by atoms with Gasteiger partial charge in [-0.3, -0.25) is 9.59 Å². The second kappa shape index (κ2) is 14.5. The van der Waals surface area contributed by atoms with Crippen LogP contribution in [0.5, 0.6) is 0 Å². The fourth-order valence-electron chi connectivity index (χ4n) is 8.59. The van der Waals surface area contributed by atoms with Crippen molar-refractivity contribution in [2.24, 2.45) is 0 Å². The summed E-state index contributed by atoms with van der Waals surface area (Å²) in [5.41, 5.74) is -4.05. The maximum absolute atomic E-state index is 15.8. The van der Waals surface area contributed by atoms with Crippen LogP contribution in [0.4, 0.5) is 49.6 Å². The smallest absolute Gasteiger partial charge is 0.266 e. The Hall–Kier alpha value is -8.47. The monoisotopic (exact) mass is 901 g/mol. The first-order chi connectivity index (χ1) is 31.7. The molecule has 0 aliphatic carbocycles. The molecule has 6 heterocycles. The van der Waals surface area contributed by atoms with E-state index in [0.29, 0.717) is 10.8 Å². The van der Waals surface area contributed by atoms with Gasteiger partial charge in [-0.15, -0.1) is 0 Å². The largest absolute Gasteiger partial charge is 0.354 e. The summed E-state index contributed by atoms with van der Waals surface area (Å²) in [4.78, 5) is 42.2. The number of H-pyrrole nitrogens is 3. The maximum Gasteiger partial charge on any atom is 0.266 e. The summed E-state index contributed by atoms with van der Waals surface area (Å²) < 4.78 is 152. The molecule has 66 heavy (non-hydrogen) atoms. The van der Waals surface area contributed by atoms with Gasteiger partial charge in [0.15, 0.2) is 46.5 Å². The number of hydrogen-bond donors (Lipinski definition) is 3. The van der Waals surface area contributed by atoms with Crippen LogP contribution >= 0.6 is 0 Å². The Balaban J connectivity index is 1.24. The van der Waals surface area contributed by atoms with Crippen LogP contribution in [0.3, 0.4) is 0 Å². The van der Waals surface area contributed by atoms with Crippen LogP contribution in [-0.4, -0.2) is 31.8 Å². The second-order valence-corrected chi connectivity index (χ2v) is 15.3. The first kappa shape index (κ1) is 40.3. The van der Waals surface area contributed by atoms with Gasteiger partial charge in [-0.1, -0.05) is 36.4 Å². The number of fused-ring (bicyclic) bond motifs is 11. The van der Waals surface area contributed by atoms with Gasteiger partial charge in [0.2, 0.25) is 11.6 Å². The van der Waals surface area contributed by atoms with Crippen LogP contribution < -0.4 is 4.90 Å². The minimum absolute atomic E-state index is 0.0304. The van der Waals surface area contributed by atoms with E-state index in [2.05, 4.69) is 19.9 Å². The summed E-state index contributed by atoms with van der Waals surface area (Å²) in [7, 11) is 0. The van der Waals surface area contributed by atoms with Crippen molar-refractivity contribution < 1.29 is 53.5 Å².